The SMILES string of the molecule is Cc1cc(C)cc(CC(N)c2cncn2C)c1. The molecule has 0 fully saturated rings. The summed E-state index contributed by atoms with van der Waals surface area (Å²) in [7, 11) is 1.98. The molecule has 3 heteroatoms. The molecule has 0 spiro atoms. The van der Waals surface area contributed by atoms with E-state index in [2.05, 4.69) is 37.0 Å². The van der Waals surface area contributed by atoms with Crippen molar-refractivity contribution in [1.29, 1.82) is 0 Å². The molecule has 0 aliphatic rings. The molecule has 0 amide bonds. The van der Waals surface area contributed by atoms with Crippen molar-refractivity contribution in [2.24, 2.45) is 12.8 Å². The Kier molecular flexibility index (Phi) is 3.29. The van der Waals surface area contributed by atoms with Crippen molar-refractivity contribution in [3.05, 3.63) is 53.1 Å². The first-order chi connectivity index (χ1) is 8.06. The molecule has 0 aliphatic heterocycles. The molecule has 2 rings (SSSR count). The number of benzene rings is 1. The highest BCUT2D eigenvalue weighted by Gasteiger charge is 2.10. The van der Waals surface area contributed by atoms with Crippen LogP contribution in [0.25, 0.3) is 0 Å². The third-order valence-corrected chi connectivity index (χ3v) is 2.97. The Morgan fingerprint density at radius 2 is 1.88 bits per heavy atom. The summed E-state index contributed by atoms with van der Waals surface area (Å²) in [5.74, 6) is 0. The largest absolute Gasteiger partial charge is 0.336 e. The lowest BCUT2D eigenvalue weighted by Crippen LogP contribution is -2.16. The molecule has 1 aromatic heterocycles. The summed E-state index contributed by atoms with van der Waals surface area (Å²) < 4.78 is 1.98. The maximum atomic E-state index is 6.21. The Morgan fingerprint density at radius 3 is 2.41 bits per heavy atom. The maximum Gasteiger partial charge on any atom is 0.0946 e. The lowest BCUT2D eigenvalue weighted by Gasteiger charge is -2.13. The van der Waals surface area contributed by atoms with Crippen LogP contribution in [-0.2, 0) is 13.5 Å². The van der Waals surface area contributed by atoms with E-state index in [-0.39, 0.29) is 6.04 Å². The van der Waals surface area contributed by atoms with E-state index in [0.717, 1.165) is 12.1 Å². The minimum Gasteiger partial charge on any atom is -0.336 e. The van der Waals surface area contributed by atoms with Gasteiger partial charge in [-0.1, -0.05) is 29.3 Å². The van der Waals surface area contributed by atoms with Gasteiger partial charge in [0, 0.05) is 13.2 Å². The smallest absolute Gasteiger partial charge is 0.0946 e. The van der Waals surface area contributed by atoms with Crippen molar-refractivity contribution in [3.8, 4) is 0 Å². The van der Waals surface area contributed by atoms with Crippen molar-refractivity contribution in [2.75, 3.05) is 0 Å². The van der Waals surface area contributed by atoms with Gasteiger partial charge in [-0.05, 0) is 25.8 Å². The van der Waals surface area contributed by atoms with Crippen LogP contribution in [0.2, 0.25) is 0 Å². The first kappa shape index (κ1) is 11.9. The van der Waals surface area contributed by atoms with E-state index in [0.29, 0.717) is 0 Å². The predicted octanol–water partition coefficient (Wildman–Crippen LogP) is 2.28. The molecule has 1 atom stereocenters. The standard InChI is InChI=1S/C14H19N3/c1-10-4-11(2)6-12(5-10)7-13(15)14-8-16-9-17(14)3/h4-6,8-9,13H,7,15H2,1-3H3. The van der Waals surface area contributed by atoms with Gasteiger partial charge < -0.3 is 10.3 Å². The van der Waals surface area contributed by atoms with Gasteiger partial charge in [0.2, 0.25) is 0 Å². The average molecular weight is 229 g/mol. The van der Waals surface area contributed by atoms with Crippen LogP contribution in [0.5, 0.6) is 0 Å². The molecule has 0 saturated heterocycles. The Bertz CT molecular complexity index is 494. The van der Waals surface area contributed by atoms with Gasteiger partial charge in [0.05, 0.1) is 18.1 Å². The molecule has 17 heavy (non-hydrogen) atoms. The van der Waals surface area contributed by atoms with E-state index >= 15 is 0 Å². The van der Waals surface area contributed by atoms with E-state index in [1.807, 2.05) is 17.8 Å². The number of aryl methyl sites for hydroxylation is 3. The summed E-state index contributed by atoms with van der Waals surface area (Å²) in [6.45, 7) is 4.23. The van der Waals surface area contributed by atoms with Gasteiger partial charge in [-0.2, -0.15) is 0 Å². The van der Waals surface area contributed by atoms with Crippen molar-refractivity contribution in [1.82, 2.24) is 9.55 Å². The minimum absolute atomic E-state index is 0.00343. The third kappa shape index (κ3) is 2.74. The van der Waals surface area contributed by atoms with Crippen LogP contribution >= 0.6 is 0 Å². The Balaban J connectivity index is 2.18. The van der Waals surface area contributed by atoms with Crippen LogP contribution in [0.3, 0.4) is 0 Å². The average Bonchev–Trinajstić information content (AvgIpc) is 2.62. The van der Waals surface area contributed by atoms with Crippen molar-refractivity contribution >= 4 is 0 Å². The molecule has 1 unspecified atom stereocenters. The highest BCUT2D eigenvalue weighted by Crippen LogP contribution is 2.17. The monoisotopic (exact) mass is 229 g/mol. The molecule has 3 nitrogen and oxygen atoms in total. The molecule has 0 radical (unpaired) electrons. The molecule has 2 aromatic rings. The summed E-state index contributed by atoms with van der Waals surface area (Å²) >= 11 is 0. The van der Waals surface area contributed by atoms with E-state index in [4.69, 9.17) is 5.73 Å². The number of nitrogens with zero attached hydrogens (tertiary/aromatic N) is 2. The zero-order chi connectivity index (χ0) is 12.4. The Labute approximate surface area is 102 Å². The zero-order valence-corrected chi connectivity index (χ0v) is 10.6. The molecule has 1 aromatic carbocycles. The molecule has 1 heterocycles. The molecular weight excluding hydrogens is 210 g/mol. The minimum atomic E-state index is 0.00343. The van der Waals surface area contributed by atoms with Crippen LogP contribution < -0.4 is 5.73 Å². The summed E-state index contributed by atoms with van der Waals surface area (Å²) in [6, 6.07) is 6.58. The third-order valence-electron chi connectivity index (χ3n) is 2.97. The fourth-order valence-corrected chi connectivity index (χ4v) is 2.27. The van der Waals surface area contributed by atoms with Gasteiger partial charge in [-0.3, -0.25) is 0 Å². The van der Waals surface area contributed by atoms with Crippen LogP contribution in [0.15, 0.2) is 30.7 Å². The second-order valence-corrected chi connectivity index (χ2v) is 4.74. The Hall–Kier alpha value is -1.61. The maximum absolute atomic E-state index is 6.21. The van der Waals surface area contributed by atoms with E-state index in [1.165, 1.54) is 16.7 Å². The van der Waals surface area contributed by atoms with Gasteiger partial charge >= 0.3 is 0 Å². The molecule has 0 aliphatic carbocycles. The normalized spacial score (nSPS) is 12.7. The second kappa shape index (κ2) is 4.72. The topological polar surface area (TPSA) is 43.8 Å². The predicted molar refractivity (Wildman–Crippen MR) is 69.8 cm³/mol. The lowest BCUT2D eigenvalue weighted by atomic mass is 10.0. The van der Waals surface area contributed by atoms with Crippen molar-refractivity contribution in [3.63, 3.8) is 0 Å². The highest BCUT2D eigenvalue weighted by molar-refractivity contribution is 5.29. The van der Waals surface area contributed by atoms with Crippen molar-refractivity contribution in [2.45, 2.75) is 26.3 Å². The van der Waals surface area contributed by atoms with Crippen LogP contribution in [0.4, 0.5) is 0 Å². The fraction of sp³-hybridized carbons (Fsp3) is 0.357. The second-order valence-electron chi connectivity index (χ2n) is 4.74. The van der Waals surface area contributed by atoms with Gasteiger partial charge in [0.15, 0.2) is 0 Å². The first-order valence-corrected chi connectivity index (χ1v) is 5.85. The summed E-state index contributed by atoms with van der Waals surface area (Å²) in [6.07, 6.45) is 4.48. The number of hydrogen-bond acceptors (Lipinski definition) is 2. The summed E-state index contributed by atoms with van der Waals surface area (Å²) in [4.78, 5) is 4.10. The molecule has 2 N–H and O–H groups in total. The van der Waals surface area contributed by atoms with Gasteiger partial charge in [-0.15, -0.1) is 0 Å². The lowest BCUT2D eigenvalue weighted by molar-refractivity contribution is 0.655. The number of nitrogens with two attached hydrogens (primary N) is 1. The van der Waals surface area contributed by atoms with Gasteiger partial charge in [0.1, 0.15) is 0 Å². The summed E-state index contributed by atoms with van der Waals surface area (Å²) in [5.41, 5.74) is 11.2. The van der Waals surface area contributed by atoms with E-state index < -0.39 is 0 Å². The van der Waals surface area contributed by atoms with Crippen molar-refractivity contribution < 1.29 is 0 Å². The quantitative estimate of drug-likeness (QED) is 0.877. The fourth-order valence-electron chi connectivity index (χ4n) is 2.27. The summed E-state index contributed by atoms with van der Waals surface area (Å²) in [5, 5.41) is 0. The van der Waals surface area contributed by atoms with Crippen LogP contribution in [0.1, 0.15) is 28.4 Å². The zero-order valence-electron chi connectivity index (χ0n) is 10.6. The number of rotatable bonds is 3. The molecule has 0 saturated carbocycles. The van der Waals surface area contributed by atoms with Crippen LogP contribution in [-0.4, -0.2) is 9.55 Å². The molecule has 90 valence electrons. The highest BCUT2D eigenvalue weighted by atomic mass is 15.0. The Morgan fingerprint density at radius 1 is 1.24 bits per heavy atom. The first-order valence-electron chi connectivity index (χ1n) is 5.85. The molecular formula is C14H19N3. The van der Waals surface area contributed by atoms with E-state index in [9.17, 15) is 0 Å². The number of hydrogen-bond donors (Lipinski definition) is 1. The van der Waals surface area contributed by atoms with E-state index in [1.54, 1.807) is 6.33 Å². The van der Waals surface area contributed by atoms with Gasteiger partial charge in [0.25, 0.3) is 0 Å². The number of aromatic nitrogens is 2. The van der Waals surface area contributed by atoms with Crippen LogP contribution in [0, 0.1) is 13.8 Å². The number of imidazole rings is 1. The molecule has 0 bridgehead atoms. The van der Waals surface area contributed by atoms with Gasteiger partial charge in [-0.25, -0.2) is 4.98 Å².